The second kappa shape index (κ2) is 7.23. The van der Waals surface area contributed by atoms with Crippen LogP contribution >= 0.6 is 0 Å². The Balaban J connectivity index is 1.33. The number of rotatable bonds is 4. The van der Waals surface area contributed by atoms with Crippen LogP contribution < -0.4 is 10.9 Å². The summed E-state index contributed by atoms with van der Waals surface area (Å²) in [6.45, 7) is 1.60. The molecule has 1 aliphatic heterocycles. The number of hydrogen-bond donors (Lipinski definition) is 2. The lowest BCUT2D eigenvalue weighted by molar-refractivity contribution is 0.0663. The first-order valence-corrected chi connectivity index (χ1v) is 11.2. The average Bonchev–Trinajstić information content (AvgIpc) is 3.47. The molecule has 3 aromatic rings. The van der Waals surface area contributed by atoms with E-state index >= 15 is 0 Å². The number of anilines is 2. The Morgan fingerprint density at radius 3 is 2.50 bits per heavy atom. The van der Waals surface area contributed by atoms with Crippen molar-refractivity contribution in [2.24, 2.45) is 5.92 Å². The Hall–Kier alpha value is -2.67. The number of aromatic amines is 1. The van der Waals surface area contributed by atoms with Gasteiger partial charge in [-0.15, -0.1) is 0 Å². The van der Waals surface area contributed by atoms with Crippen LogP contribution in [0.3, 0.4) is 0 Å². The molecule has 0 radical (unpaired) electrons. The maximum absolute atomic E-state index is 12.7. The van der Waals surface area contributed by atoms with E-state index in [1.54, 1.807) is 6.07 Å². The molecule has 0 atom stereocenters. The molecule has 3 heterocycles. The van der Waals surface area contributed by atoms with E-state index in [9.17, 15) is 4.79 Å². The molecule has 0 bridgehead atoms. The molecule has 0 spiro atoms. The van der Waals surface area contributed by atoms with E-state index in [0.717, 1.165) is 63.9 Å². The Labute approximate surface area is 174 Å². The lowest BCUT2D eigenvalue weighted by Gasteiger charge is -2.21. The zero-order chi connectivity index (χ0) is 20.1. The number of ether oxygens (including phenoxy) is 1. The summed E-state index contributed by atoms with van der Waals surface area (Å²) in [6.07, 6.45) is 9.83. The van der Waals surface area contributed by atoms with Crippen LogP contribution in [0.25, 0.3) is 5.78 Å². The highest BCUT2D eigenvalue weighted by Gasteiger charge is 2.25. The highest BCUT2D eigenvalue weighted by atomic mass is 16.5. The number of nitrogens with zero attached hydrogens (tertiary/aromatic N) is 3. The molecule has 0 amide bonds. The number of aryl methyl sites for hydroxylation is 2. The van der Waals surface area contributed by atoms with E-state index in [-0.39, 0.29) is 5.56 Å². The number of H-pyrrole nitrogens is 1. The molecule has 1 aromatic carbocycles. The third-order valence-corrected chi connectivity index (χ3v) is 6.94. The summed E-state index contributed by atoms with van der Waals surface area (Å²) in [5.74, 6) is 1.56. The van der Waals surface area contributed by atoms with Crippen molar-refractivity contribution < 1.29 is 4.74 Å². The fourth-order valence-corrected chi connectivity index (χ4v) is 5.42. The van der Waals surface area contributed by atoms with Crippen LogP contribution in [-0.2, 0) is 36.8 Å². The predicted octanol–water partition coefficient (Wildman–Crippen LogP) is 3.11. The SMILES string of the molecule is O=c1cc(CC2CCOCC2)nc2nc(Nc3c4c(cc5c3CCC5)CCC4)[nH]n12. The molecule has 7 nitrogen and oxygen atoms in total. The van der Waals surface area contributed by atoms with Gasteiger partial charge in [-0.3, -0.25) is 9.89 Å². The molecule has 7 heteroatoms. The number of benzene rings is 1. The van der Waals surface area contributed by atoms with E-state index in [0.29, 0.717) is 17.6 Å². The topological polar surface area (TPSA) is 84.3 Å². The first-order valence-electron chi connectivity index (χ1n) is 11.2. The molecule has 156 valence electrons. The number of aromatic nitrogens is 4. The zero-order valence-electron chi connectivity index (χ0n) is 17.2. The van der Waals surface area contributed by atoms with E-state index in [1.165, 1.54) is 45.3 Å². The van der Waals surface area contributed by atoms with Gasteiger partial charge in [-0.1, -0.05) is 6.07 Å². The van der Waals surface area contributed by atoms with Crippen molar-refractivity contribution in [2.45, 2.75) is 57.8 Å². The number of hydrogen-bond acceptors (Lipinski definition) is 5. The summed E-state index contributed by atoms with van der Waals surface area (Å²) in [4.78, 5) is 22.0. The molecule has 2 aliphatic carbocycles. The number of nitrogens with one attached hydrogen (secondary N) is 2. The Bertz CT molecular complexity index is 1140. The van der Waals surface area contributed by atoms with Gasteiger partial charge < -0.3 is 10.1 Å². The highest BCUT2D eigenvalue weighted by molar-refractivity contribution is 5.70. The fraction of sp³-hybridized carbons (Fsp3) is 0.522. The maximum atomic E-state index is 12.7. The van der Waals surface area contributed by atoms with Crippen LogP contribution in [0.4, 0.5) is 11.6 Å². The summed E-state index contributed by atoms with van der Waals surface area (Å²) >= 11 is 0. The van der Waals surface area contributed by atoms with E-state index in [4.69, 9.17) is 4.74 Å². The van der Waals surface area contributed by atoms with Gasteiger partial charge >= 0.3 is 0 Å². The van der Waals surface area contributed by atoms with Crippen LogP contribution in [0.1, 0.15) is 53.6 Å². The Kier molecular flexibility index (Phi) is 4.37. The van der Waals surface area contributed by atoms with Gasteiger partial charge in [0, 0.05) is 25.0 Å². The third kappa shape index (κ3) is 3.12. The quantitative estimate of drug-likeness (QED) is 0.697. The van der Waals surface area contributed by atoms with Crippen LogP contribution in [0, 0.1) is 5.92 Å². The molecular formula is C23H27N5O2. The van der Waals surface area contributed by atoms with Crippen LogP contribution in [0.15, 0.2) is 16.9 Å². The molecule has 1 fully saturated rings. The van der Waals surface area contributed by atoms with Crippen LogP contribution in [0.2, 0.25) is 0 Å². The molecule has 0 unspecified atom stereocenters. The Morgan fingerprint density at radius 1 is 1.03 bits per heavy atom. The van der Waals surface area contributed by atoms with Crippen molar-refractivity contribution in [2.75, 3.05) is 18.5 Å². The summed E-state index contributed by atoms with van der Waals surface area (Å²) in [5, 5.41) is 6.66. The first-order chi connectivity index (χ1) is 14.7. The van der Waals surface area contributed by atoms with Gasteiger partial charge in [0.1, 0.15) is 0 Å². The van der Waals surface area contributed by atoms with Gasteiger partial charge in [0.05, 0.1) is 5.69 Å². The summed E-state index contributed by atoms with van der Waals surface area (Å²) in [7, 11) is 0. The smallest absolute Gasteiger partial charge is 0.274 e. The second-order valence-corrected chi connectivity index (χ2v) is 8.91. The highest BCUT2D eigenvalue weighted by Crippen LogP contribution is 2.39. The molecule has 3 aliphatic rings. The van der Waals surface area contributed by atoms with E-state index in [1.807, 2.05) is 0 Å². The Morgan fingerprint density at radius 2 is 1.77 bits per heavy atom. The van der Waals surface area contributed by atoms with Crippen molar-refractivity contribution in [1.29, 1.82) is 0 Å². The summed E-state index contributed by atoms with van der Waals surface area (Å²) in [6, 6.07) is 4.06. The van der Waals surface area contributed by atoms with E-state index in [2.05, 4.69) is 26.4 Å². The predicted molar refractivity (Wildman–Crippen MR) is 115 cm³/mol. The largest absolute Gasteiger partial charge is 0.381 e. The zero-order valence-corrected chi connectivity index (χ0v) is 17.2. The number of fused-ring (bicyclic) bond motifs is 3. The van der Waals surface area contributed by atoms with E-state index < -0.39 is 0 Å². The normalized spacial score (nSPS) is 18.7. The average molecular weight is 406 g/mol. The molecule has 2 aromatic heterocycles. The van der Waals surface area contributed by atoms with Gasteiger partial charge in [0.2, 0.25) is 5.95 Å². The lowest BCUT2D eigenvalue weighted by Crippen LogP contribution is -2.21. The second-order valence-electron chi connectivity index (χ2n) is 8.91. The maximum Gasteiger partial charge on any atom is 0.274 e. The van der Waals surface area contributed by atoms with Gasteiger partial charge in [-0.25, -0.2) is 4.98 Å². The summed E-state index contributed by atoms with van der Waals surface area (Å²) < 4.78 is 6.89. The van der Waals surface area contributed by atoms with Crippen molar-refractivity contribution in [1.82, 2.24) is 19.6 Å². The summed E-state index contributed by atoms with van der Waals surface area (Å²) in [5.41, 5.74) is 7.74. The van der Waals surface area contributed by atoms with Crippen molar-refractivity contribution in [3.8, 4) is 0 Å². The molecular weight excluding hydrogens is 378 g/mol. The van der Waals surface area contributed by atoms with Crippen LogP contribution in [0.5, 0.6) is 0 Å². The van der Waals surface area contributed by atoms with Gasteiger partial charge in [-0.05, 0) is 86.0 Å². The molecule has 1 saturated heterocycles. The molecule has 30 heavy (non-hydrogen) atoms. The van der Waals surface area contributed by atoms with Gasteiger partial charge in [0.25, 0.3) is 11.3 Å². The molecule has 6 rings (SSSR count). The molecule has 2 N–H and O–H groups in total. The monoisotopic (exact) mass is 405 g/mol. The minimum atomic E-state index is -0.105. The minimum Gasteiger partial charge on any atom is -0.381 e. The van der Waals surface area contributed by atoms with Crippen molar-refractivity contribution in [3.63, 3.8) is 0 Å². The fourth-order valence-electron chi connectivity index (χ4n) is 5.42. The van der Waals surface area contributed by atoms with Gasteiger partial charge in [0.15, 0.2) is 0 Å². The van der Waals surface area contributed by atoms with Crippen molar-refractivity contribution >= 4 is 17.4 Å². The minimum absolute atomic E-state index is 0.105. The van der Waals surface area contributed by atoms with Crippen LogP contribution in [-0.4, -0.2) is 32.8 Å². The van der Waals surface area contributed by atoms with Crippen molar-refractivity contribution in [3.05, 3.63) is 50.4 Å². The standard InChI is InChI=1S/C23H27N5O2/c29-20-13-17(11-14-7-9-30-10-8-14)24-23-26-22(27-28(20)23)25-21-18-5-1-3-15(18)12-16-4-2-6-19(16)21/h12-14H,1-11H2,(H2,24,25,26,27). The van der Waals surface area contributed by atoms with Gasteiger partial charge in [-0.2, -0.15) is 9.50 Å². The first kappa shape index (κ1) is 18.1. The lowest BCUT2D eigenvalue weighted by atomic mass is 9.95. The third-order valence-electron chi connectivity index (χ3n) is 6.94. The molecule has 0 saturated carbocycles.